The predicted octanol–water partition coefficient (Wildman–Crippen LogP) is 1.08. The van der Waals surface area contributed by atoms with E-state index in [1.165, 1.54) is 12.0 Å². The van der Waals surface area contributed by atoms with Crippen molar-refractivity contribution in [2.75, 3.05) is 20.7 Å². The number of esters is 1. The van der Waals surface area contributed by atoms with Gasteiger partial charge in [0.15, 0.2) is 0 Å². The summed E-state index contributed by atoms with van der Waals surface area (Å²) in [7, 11) is 2.83. The molecule has 0 aromatic heterocycles. The number of hydrogen-bond donors (Lipinski definition) is 2. The number of carbonyl (C=O) groups is 3. The maximum absolute atomic E-state index is 11.9. The van der Waals surface area contributed by atoms with Gasteiger partial charge in [-0.2, -0.15) is 0 Å². The average Bonchev–Trinajstić information content (AvgIpc) is 2.35. The van der Waals surface area contributed by atoms with Gasteiger partial charge >= 0.3 is 18.0 Å². The van der Waals surface area contributed by atoms with Crippen LogP contribution in [0.4, 0.5) is 4.79 Å². The van der Waals surface area contributed by atoms with Gasteiger partial charge in [-0.05, 0) is 18.8 Å². The van der Waals surface area contributed by atoms with Gasteiger partial charge in [-0.1, -0.05) is 13.8 Å². The van der Waals surface area contributed by atoms with E-state index in [1.54, 1.807) is 7.05 Å². The molecule has 116 valence electrons. The standard InChI is InChI=1S/C13H24N2O5/c1-9(2)8-10(12(18)20-4)14-13(19)15(3)7-5-6-11(16)17/h9-10H,5-8H2,1-4H3,(H,14,19)(H,16,17). The second-order valence-corrected chi connectivity index (χ2v) is 5.07. The summed E-state index contributed by atoms with van der Waals surface area (Å²) in [4.78, 5) is 35.2. The van der Waals surface area contributed by atoms with Crippen LogP contribution < -0.4 is 5.32 Å². The SMILES string of the molecule is COC(=O)C(CC(C)C)NC(=O)N(C)CCCC(=O)O. The van der Waals surface area contributed by atoms with Crippen molar-refractivity contribution in [1.29, 1.82) is 0 Å². The molecule has 0 aromatic carbocycles. The summed E-state index contributed by atoms with van der Waals surface area (Å²) in [6, 6.07) is -1.10. The zero-order chi connectivity index (χ0) is 15.7. The predicted molar refractivity (Wildman–Crippen MR) is 73.3 cm³/mol. The van der Waals surface area contributed by atoms with Gasteiger partial charge in [0.1, 0.15) is 6.04 Å². The molecule has 1 unspecified atom stereocenters. The van der Waals surface area contributed by atoms with E-state index >= 15 is 0 Å². The van der Waals surface area contributed by atoms with E-state index < -0.39 is 24.0 Å². The molecule has 0 saturated heterocycles. The van der Waals surface area contributed by atoms with E-state index in [2.05, 4.69) is 10.1 Å². The number of nitrogens with one attached hydrogen (secondary N) is 1. The molecule has 0 aromatic rings. The lowest BCUT2D eigenvalue weighted by molar-refractivity contribution is -0.143. The first kappa shape index (κ1) is 18.2. The Morgan fingerprint density at radius 1 is 1.30 bits per heavy atom. The maximum atomic E-state index is 11.9. The second-order valence-electron chi connectivity index (χ2n) is 5.07. The molecule has 1 atom stereocenters. The lowest BCUT2D eigenvalue weighted by atomic mass is 10.0. The summed E-state index contributed by atoms with van der Waals surface area (Å²) in [6.07, 6.45) is 0.859. The smallest absolute Gasteiger partial charge is 0.328 e. The first-order valence-corrected chi connectivity index (χ1v) is 6.59. The van der Waals surface area contributed by atoms with Gasteiger partial charge in [0, 0.05) is 20.0 Å². The van der Waals surface area contributed by atoms with E-state index in [-0.39, 0.29) is 12.3 Å². The molecule has 0 aliphatic rings. The number of hydrogen-bond acceptors (Lipinski definition) is 4. The molecule has 2 amide bonds. The number of aliphatic carboxylic acids is 1. The Bertz CT molecular complexity index is 344. The number of nitrogens with zero attached hydrogens (tertiary/aromatic N) is 1. The third-order valence-electron chi connectivity index (χ3n) is 2.72. The number of carboxylic acids is 1. The van der Waals surface area contributed by atoms with Crippen LogP contribution in [0.15, 0.2) is 0 Å². The minimum absolute atomic E-state index is 0.00401. The molecule has 2 N–H and O–H groups in total. The zero-order valence-electron chi connectivity index (χ0n) is 12.5. The van der Waals surface area contributed by atoms with Crippen LogP contribution >= 0.6 is 0 Å². The zero-order valence-corrected chi connectivity index (χ0v) is 12.5. The molecule has 0 spiro atoms. The Kier molecular flexibility index (Phi) is 8.35. The molecule has 0 aliphatic heterocycles. The van der Waals surface area contributed by atoms with Crippen LogP contribution in [0, 0.1) is 5.92 Å². The summed E-state index contributed by atoms with van der Waals surface area (Å²) in [5, 5.41) is 11.1. The summed E-state index contributed by atoms with van der Waals surface area (Å²) in [5.74, 6) is -1.14. The Morgan fingerprint density at radius 2 is 1.90 bits per heavy atom. The molecule has 0 bridgehead atoms. The van der Waals surface area contributed by atoms with Gasteiger partial charge in [-0.15, -0.1) is 0 Å². The van der Waals surface area contributed by atoms with Crippen LogP contribution in [0.25, 0.3) is 0 Å². The van der Waals surface area contributed by atoms with E-state index in [9.17, 15) is 14.4 Å². The van der Waals surface area contributed by atoms with E-state index in [0.29, 0.717) is 19.4 Å². The van der Waals surface area contributed by atoms with Crippen LogP contribution in [0.3, 0.4) is 0 Å². The van der Waals surface area contributed by atoms with Gasteiger partial charge in [0.2, 0.25) is 0 Å². The van der Waals surface area contributed by atoms with Gasteiger partial charge in [0.05, 0.1) is 7.11 Å². The molecule has 0 fully saturated rings. The fourth-order valence-corrected chi connectivity index (χ4v) is 1.66. The normalized spacial score (nSPS) is 11.8. The molecule has 0 heterocycles. The first-order chi connectivity index (χ1) is 9.27. The molecular weight excluding hydrogens is 264 g/mol. The number of amides is 2. The Labute approximate surface area is 119 Å². The molecular formula is C13H24N2O5. The van der Waals surface area contributed by atoms with Crippen LogP contribution in [-0.2, 0) is 14.3 Å². The van der Waals surface area contributed by atoms with Crippen molar-refractivity contribution in [3.8, 4) is 0 Å². The highest BCUT2D eigenvalue weighted by Crippen LogP contribution is 2.07. The summed E-state index contributed by atoms with van der Waals surface area (Å²) in [6.45, 7) is 4.20. The summed E-state index contributed by atoms with van der Waals surface area (Å²) >= 11 is 0. The van der Waals surface area contributed by atoms with E-state index in [4.69, 9.17) is 5.11 Å². The van der Waals surface area contributed by atoms with Crippen LogP contribution in [-0.4, -0.2) is 54.7 Å². The molecule has 20 heavy (non-hydrogen) atoms. The average molecular weight is 288 g/mol. The monoisotopic (exact) mass is 288 g/mol. The number of carbonyl (C=O) groups excluding carboxylic acids is 2. The molecule has 0 rings (SSSR count). The molecule has 0 aliphatic carbocycles. The van der Waals surface area contributed by atoms with Crippen LogP contribution in [0.1, 0.15) is 33.1 Å². The van der Waals surface area contributed by atoms with Crippen molar-refractivity contribution >= 4 is 18.0 Å². The Hall–Kier alpha value is -1.79. The number of rotatable bonds is 8. The highest BCUT2D eigenvalue weighted by molar-refractivity contribution is 5.83. The summed E-state index contributed by atoms with van der Waals surface area (Å²) < 4.78 is 4.66. The van der Waals surface area contributed by atoms with Gasteiger partial charge in [0.25, 0.3) is 0 Å². The molecule has 7 nitrogen and oxygen atoms in total. The van der Waals surface area contributed by atoms with Crippen molar-refractivity contribution < 1.29 is 24.2 Å². The van der Waals surface area contributed by atoms with Gasteiger partial charge in [-0.3, -0.25) is 4.79 Å². The largest absolute Gasteiger partial charge is 0.481 e. The number of methoxy groups -OCH3 is 1. The highest BCUT2D eigenvalue weighted by atomic mass is 16.5. The Morgan fingerprint density at radius 3 is 2.35 bits per heavy atom. The molecule has 0 radical (unpaired) electrons. The topological polar surface area (TPSA) is 95.9 Å². The third-order valence-corrected chi connectivity index (χ3v) is 2.72. The van der Waals surface area contributed by atoms with Crippen molar-refractivity contribution in [2.24, 2.45) is 5.92 Å². The lowest BCUT2D eigenvalue weighted by Crippen LogP contribution is -2.47. The Balaban J connectivity index is 4.35. The third kappa shape index (κ3) is 7.60. The van der Waals surface area contributed by atoms with E-state index in [1.807, 2.05) is 13.8 Å². The van der Waals surface area contributed by atoms with Crippen LogP contribution in [0.5, 0.6) is 0 Å². The van der Waals surface area contributed by atoms with Crippen molar-refractivity contribution in [2.45, 2.75) is 39.2 Å². The summed E-state index contributed by atoms with van der Waals surface area (Å²) in [5.41, 5.74) is 0. The fraction of sp³-hybridized carbons (Fsp3) is 0.769. The lowest BCUT2D eigenvalue weighted by Gasteiger charge is -2.23. The van der Waals surface area contributed by atoms with Crippen molar-refractivity contribution in [1.82, 2.24) is 10.2 Å². The minimum Gasteiger partial charge on any atom is -0.481 e. The minimum atomic E-state index is -0.897. The number of urea groups is 1. The van der Waals surface area contributed by atoms with Gasteiger partial charge < -0.3 is 20.1 Å². The van der Waals surface area contributed by atoms with Crippen LogP contribution in [0.2, 0.25) is 0 Å². The second kappa shape index (κ2) is 9.17. The number of ether oxygens (including phenoxy) is 1. The first-order valence-electron chi connectivity index (χ1n) is 6.59. The maximum Gasteiger partial charge on any atom is 0.328 e. The van der Waals surface area contributed by atoms with E-state index in [0.717, 1.165) is 0 Å². The molecule has 0 saturated carbocycles. The van der Waals surface area contributed by atoms with Gasteiger partial charge in [-0.25, -0.2) is 9.59 Å². The number of carboxylic acid groups (broad SMARTS) is 1. The van der Waals surface area contributed by atoms with Crippen molar-refractivity contribution in [3.05, 3.63) is 0 Å². The fourth-order valence-electron chi connectivity index (χ4n) is 1.66. The quantitative estimate of drug-likeness (QED) is 0.652. The van der Waals surface area contributed by atoms with Crippen molar-refractivity contribution in [3.63, 3.8) is 0 Å². The highest BCUT2D eigenvalue weighted by Gasteiger charge is 2.23. The molecule has 7 heteroatoms.